The Labute approximate surface area is 122 Å². The number of carbonyl (C=O) groups excluding carboxylic acids is 1. The molecular weight excluding hydrogens is 270 g/mol. The van der Waals surface area contributed by atoms with Crippen LogP contribution in [-0.4, -0.2) is 19.1 Å². The van der Waals surface area contributed by atoms with Crippen LogP contribution in [-0.2, 0) is 4.79 Å². The molecule has 0 bridgehead atoms. The van der Waals surface area contributed by atoms with Gasteiger partial charge in [0.25, 0.3) is 0 Å². The second kappa shape index (κ2) is 7.47. The second-order valence-electron chi connectivity index (χ2n) is 4.76. The molecule has 1 aromatic carbocycles. The second-order valence-corrected chi connectivity index (χ2v) is 4.76. The van der Waals surface area contributed by atoms with Gasteiger partial charge in [0.2, 0.25) is 5.91 Å². The predicted octanol–water partition coefficient (Wildman–Crippen LogP) is 2.48. The third-order valence-corrected chi connectivity index (χ3v) is 2.98. The number of benzene rings is 1. The Morgan fingerprint density at radius 3 is 2.90 bits per heavy atom. The van der Waals surface area contributed by atoms with Crippen LogP contribution in [0.5, 0.6) is 5.75 Å². The first-order chi connectivity index (χ1) is 10.2. The van der Waals surface area contributed by atoms with Crippen LogP contribution in [0.25, 0.3) is 11.0 Å². The summed E-state index contributed by atoms with van der Waals surface area (Å²) < 4.78 is 10.7. The molecule has 0 aliphatic heterocycles. The summed E-state index contributed by atoms with van der Waals surface area (Å²) in [4.78, 5) is 22.6. The average Bonchev–Trinajstić information content (AvgIpc) is 2.49. The highest BCUT2D eigenvalue weighted by atomic mass is 16.5. The molecule has 0 fully saturated rings. The maximum Gasteiger partial charge on any atom is 0.336 e. The van der Waals surface area contributed by atoms with Gasteiger partial charge in [-0.05, 0) is 31.0 Å². The van der Waals surface area contributed by atoms with Crippen LogP contribution in [0.1, 0.15) is 26.2 Å². The van der Waals surface area contributed by atoms with E-state index in [2.05, 4.69) is 5.32 Å². The molecule has 0 saturated heterocycles. The highest BCUT2D eigenvalue weighted by Gasteiger charge is 2.02. The normalized spacial score (nSPS) is 10.5. The third-order valence-electron chi connectivity index (χ3n) is 2.98. The van der Waals surface area contributed by atoms with Crippen molar-refractivity contribution in [3.63, 3.8) is 0 Å². The van der Waals surface area contributed by atoms with Gasteiger partial charge in [0.05, 0.1) is 6.61 Å². The summed E-state index contributed by atoms with van der Waals surface area (Å²) >= 11 is 0. The number of ether oxygens (including phenoxy) is 1. The minimum atomic E-state index is -0.382. The molecule has 5 heteroatoms. The van der Waals surface area contributed by atoms with Crippen molar-refractivity contribution in [2.75, 3.05) is 13.2 Å². The van der Waals surface area contributed by atoms with Crippen molar-refractivity contribution >= 4 is 16.9 Å². The largest absolute Gasteiger partial charge is 0.493 e. The maximum absolute atomic E-state index is 11.4. The number of hydrogen-bond donors (Lipinski definition) is 1. The van der Waals surface area contributed by atoms with Crippen LogP contribution in [0.15, 0.2) is 39.5 Å². The molecule has 0 unspecified atom stereocenters. The quantitative estimate of drug-likeness (QED) is 0.628. The van der Waals surface area contributed by atoms with Crippen LogP contribution in [0.2, 0.25) is 0 Å². The van der Waals surface area contributed by atoms with E-state index >= 15 is 0 Å². The van der Waals surface area contributed by atoms with Gasteiger partial charge in [0.1, 0.15) is 11.3 Å². The minimum absolute atomic E-state index is 0.0463. The average molecular weight is 289 g/mol. The Morgan fingerprint density at radius 1 is 1.29 bits per heavy atom. The monoisotopic (exact) mass is 289 g/mol. The van der Waals surface area contributed by atoms with Crippen molar-refractivity contribution in [3.05, 3.63) is 40.8 Å². The highest BCUT2D eigenvalue weighted by molar-refractivity contribution is 5.77. The van der Waals surface area contributed by atoms with Crippen LogP contribution in [0.3, 0.4) is 0 Å². The smallest absolute Gasteiger partial charge is 0.336 e. The minimum Gasteiger partial charge on any atom is -0.493 e. The van der Waals surface area contributed by atoms with Crippen LogP contribution < -0.4 is 15.7 Å². The zero-order valence-corrected chi connectivity index (χ0v) is 12.1. The molecule has 0 radical (unpaired) electrons. The molecule has 1 heterocycles. The molecule has 112 valence electrons. The molecule has 0 atom stereocenters. The molecule has 0 spiro atoms. The van der Waals surface area contributed by atoms with Gasteiger partial charge in [-0.3, -0.25) is 4.79 Å². The SMILES string of the molecule is CCCNC(=O)CCCOc1ccc2ccc(=O)oc2c1. The molecule has 2 aromatic rings. The number of carbonyl (C=O) groups is 1. The van der Waals surface area contributed by atoms with Gasteiger partial charge < -0.3 is 14.5 Å². The molecule has 0 aliphatic rings. The van der Waals surface area contributed by atoms with Crippen molar-refractivity contribution in [1.82, 2.24) is 5.32 Å². The number of nitrogens with one attached hydrogen (secondary N) is 1. The van der Waals surface area contributed by atoms with Crippen molar-refractivity contribution in [2.24, 2.45) is 0 Å². The van der Waals surface area contributed by atoms with Crippen molar-refractivity contribution in [1.29, 1.82) is 0 Å². The molecule has 1 aromatic heterocycles. The van der Waals surface area contributed by atoms with E-state index < -0.39 is 0 Å². The summed E-state index contributed by atoms with van der Waals surface area (Å²) in [5, 5.41) is 3.67. The van der Waals surface area contributed by atoms with Crippen LogP contribution in [0.4, 0.5) is 0 Å². The van der Waals surface area contributed by atoms with Gasteiger partial charge in [-0.25, -0.2) is 4.79 Å². The Bertz CT molecular complexity index is 663. The van der Waals surface area contributed by atoms with Crippen molar-refractivity contribution < 1.29 is 13.9 Å². The molecule has 2 rings (SSSR count). The molecule has 0 aliphatic carbocycles. The first kappa shape index (κ1) is 15.1. The van der Waals surface area contributed by atoms with Crippen LogP contribution in [0, 0.1) is 0 Å². The lowest BCUT2D eigenvalue weighted by Gasteiger charge is -2.07. The summed E-state index contributed by atoms with van der Waals surface area (Å²) in [5.41, 5.74) is 0.118. The third kappa shape index (κ3) is 4.63. The summed E-state index contributed by atoms with van der Waals surface area (Å²) in [6.07, 6.45) is 2.03. The summed E-state index contributed by atoms with van der Waals surface area (Å²) in [7, 11) is 0. The number of amides is 1. The van der Waals surface area contributed by atoms with Gasteiger partial charge in [-0.1, -0.05) is 6.92 Å². The topological polar surface area (TPSA) is 68.5 Å². The van der Waals surface area contributed by atoms with E-state index in [0.29, 0.717) is 37.3 Å². The lowest BCUT2D eigenvalue weighted by Crippen LogP contribution is -2.24. The van der Waals surface area contributed by atoms with E-state index in [-0.39, 0.29) is 11.5 Å². The fourth-order valence-corrected chi connectivity index (χ4v) is 1.91. The fourth-order valence-electron chi connectivity index (χ4n) is 1.91. The molecule has 0 saturated carbocycles. The van der Waals surface area contributed by atoms with Gasteiger partial charge >= 0.3 is 5.63 Å². The Morgan fingerprint density at radius 2 is 2.10 bits per heavy atom. The van der Waals surface area contributed by atoms with E-state index in [1.54, 1.807) is 12.1 Å². The molecule has 21 heavy (non-hydrogen) atoms. The van der Waals surface area contributed by atoms with E-state index in [1.165, 1.54) is 6.07 Å². The van der Waals surface area contributed by atoms with Gasteiger partial charge in [0.15, 0.2) is 0 Å². The van der Waals surface area contributed by atoms with Crippen molar-refractivity contribution in [3.8, 4) is 5.75 Å². The first-order valence-electron chi connectivity index (χ1n) is 7.12. The number of rotatable bonds is 7. The van der Waals surface area contributed by atoms with Gasteiger partial charge in [-0.2, -0.15) is 0 Å². The molecular formula is C16H19NO4. The predicted molar refractivity (Wildman–Crippen MR) is 80.5 cm³/mol. The highest BCUT2D eigenvalue weighted by Crippen LogP contribution is 2.19. The lowest BCUT2D eigenvalue weighted by molar-refractivity contribution is -0.121. The lowest BCUT2D eigenvalue weighted by atomic mass is 10.2. The fraction of sp³-hybridized carbons (Fsp3) is 0.375. The van der Waals surface area contributed by atoms with Crippen molar-refractivity contribution in [2.45, 2.75) is 26.2 Å². The summed E-state index contributed by atoms with van der Waals surface area (Å²) in [6, 6.07) is 8.44. The van der Waals surface area contributed by atoms with Gasteiger partial charge in [0, 0.05) is 30.5 Å². The zero-order chi connectivity index (χ0) is 15.1. The first-order valence-corrected chi connectivity index (χ1v) is 7.12. The summed E-state index contributed by atoms with van der Waals surface area (Å²) in [5.74, 6) is 0.677. The standard InChI is InChI=1S/C16H19NO4/c1-2-9-17-15(18)4-3-10-20-13-7-5-12-6-8-16(19)21-14(12)11-13/h5-8,11H,2-4,9-10H2,1H3,(H,17,18). The molecule has 1 amide bonds. The Hall–Kier alpha value is -2.30. The van der Waals surface area contributed by atoms with E-state index in [1.807, 2.05) is 19.1 Å². The van der Waals surface area contributed by atoms with E-state index in [9.17, 15) is 9.59 Å². The number of fused-ring (bicyclic) bond motifs is 1. The molecule has 1 N–H and O–H groups in total. The Balaban J connectivity index is 1.83. The van der Waals surface area contributed by atoms with E-state index in [0.717, 1.165) is 11.8 Å². The Kier molecular flexibility index (Phi) is 5.37. The molecule has 5 nitrogen and oxygen atoms in total. The zero-order valence-electron chi connectivity index (χ0n) is 12.1. The van der Waals surface area contributed by atoms with E-state index in [4.69, 9.17) is 9.15 Å². The van der Waals surface area contributed by atoms with Crippen LogP contribution >= 0.6 is 0 Å². The van der Waals surface area contributed by atoms with Gasteiger partial charge in [-0.15, -0.1) is 0 Å². The maximum atomic E-state index is 11.4. The summed E-state index contributed by atoms with van der Waals surface area (Å²) in [6.45, 7) is 3.17. The number of hydrogen-bond acceptors (Lipinski definition) is 4.